The van der Waals surface area contributed by atoms with E-state index in [0.29, 0.717) is 0 Å². The van der Waals surface area contributed by atoms with Gasteiger partial charge in [-0.05, 0) is 36.7 Å². The fourth-order valence-electron chi connectivity index (χ4n) is 1.79. The van der Waals surface area contributed by atoms with Crippen LogP contribution in [0.15, 0.2) is 18.2 Å². The van der Waals surface area contributed by atoms with Crippen LogP contribution >= 0.6 is 11.6 Å². The normalized spacial score (nSPS) is 10.7. The average Bonchev–Trinajstić information content (AvgIpc) is 2.36. The van der Waals surface area contributed by atoms with E-state index in [4.69, 9.17) is 11.6 Å². The van der Waals surface area contributed by atoms with Gasteiger partial charge in [0.15, 0.2) is 0 Å². The summed E-state index contributed by atoms with van der Waals surface area (Å²) in [5.41, 5.74) is 2.00. The molecule has 0 bridgehead atoms. The maximum Gasteiger partial charge on any atom is 0.224 e. The molecular formula is C13H17ClN4. The molecule has 96 valence electrons. The van der Waals surface area contributed by atoms with E-state index in [1.165, 1.54) is 0 Å². The van der Waals surface area contributed by atoms with Gasteiger partial charge in [-0.25, -0.2) is 4.98 Å². The summed E-state index contributed by atoms with van der Waals surface area (Å²) in [6, 6.07) is 6.10. The van der Waals surface area contributed by atoms with Crippen molar-refractivity contribution in [1.29, 1.82) is 0 Å². The zero-order valence-corrected chi connectivity index (χ0v) is 11.9. The number of hydrogen-bond donors (Lipinski definition) is 0. The van der Waals surface area contributed by atoms with Gasteiger partial charge in [-0.15, -0.1) is 0 Å². The second-order valence-corrected chi connectivity index (χ2v) is 4.76. The first-order valence-corrected chi connectivity index (χ1v) is 6.26. The molecule has 0 saturated heterocycles. The Hall–Kier alpha value is -1.55. The molecule has 0 amide bonds. The van der Waals surface area contributed by atoms with E-state index in [1.54, 1.807) is 0 Å². The number of hydrogen-bond acceptors (Lipinski definition) is 4. The fourth-order valence-corrected chi connectivity index (χ4v) is 1.96. The quantitative estimate of drug-likeness (QED) is 0.798. The third-order valence-corrected chi connectivity index (χ3v) is 3.15. The molecule has 0 aliphatic rings. The van der Waals surface area contributed by atoms with Crippen LogP contribution in [0.25, 0.3) is 10.9 Å². The van der Waals surface area contributed by atoms with Crippen LogP contribution in [0.3, 0.4) is 0 Å². The minimum Gasteiger partial charge on any atom is -0.378 e. The number of rotatable bonds is 3. The van der Waals surface area contributed by atoms with Crippen molar-refractivity contribution in [2.24, 2.45) is 0 Å². The third-order valence-electron chi connectivity index (χ3n) is 2.98. The van der Waals surface area contributed by atoms with E-state index in [9.17, 15) is 0 Å². The van der Waals surface area contributed by atoms with Crippen LogP contribution in [-0.4, -0.2) is 37.7 Å². The molecule has 2 rings (SSSR count). The molecule has 0 fully saturated rings. The summed E-state index contributed by atoms with van der Waals surface area (Å²) in [4.78, 5) is 12.7. The molecule has 0 spiro atoms. The van der Waals surface area contributed by atoms with Gasteiger partial charge in [0.2, 0.25) is 5.28 Å². The van der Waals surface area contributed by atoms with Gasteiger partial charge >= 0.3 is 0 Å². The summed E-state index contributed by atoms with van der Waals surface area (Å²) in [5, 5.41) is 1.31. The number of fused-ring (bicyclic) bond motifs is 1. The highest BCUT2D eigenvalue weighted by molar-refractivity contribution is 6.28. The number of benzene rings is 1. The first-order valence-electron chi connectivity index (χ1n) is 5.88. The van der Waals surface area contributed by atoms with Crippen molar-refractivity contribution in [3.63, 3.8) is 0 Å². The van der Waals surface area contributed by atoms with Crippen molar-refractivity contribution in [2.45, 2.75) is 6.92 Å². The Morgan fingerprint density at radius 3 is 2.50 bits per heavy atom. The van der Waals surface area contributed by atoms with Crippen molar-refractivity contribution >= 4 is 34.0 Å². The van der Waals surface area contributed by atoms with E-state index in [-0.39, 0.29) is 5.28 Å². The predicted octanol–water partition coefficient (Wildman–Crippen LogP) is 2.81. The maximum atomic E-state index is 5.97. The first-order chi connectivity index (χ1) is 8.52. The van der Waals surface area contributed by atoms with Crippen LogP contribution in [0.2, 0.25) is 5.28 Å². The Labute approximate surface area is 112 Å². The highest BCUT2D eigenvalue weighted by Gasteiger charge is 2.11. The largest absolute Gasteiger partial charge is 0.378 e. The van der Waals surface area contributed by atoms with Crippen molar-refractivity contribution in [2.75, 3.05) is 37.5 Å². The highest BCUT2D eigenvalue weighted by Crippen LogP contribution is 2.28. The average molecular weight is 265 g/mol. The molecule has 1 heterocycles. The van der Waals surface area contributed by atoms with Gasteiger partial charge in [0, 0.05) is 38.8 Å². The molecule has 0 aliphatic heterocycles. The van der Waals surface area contributed by atoms with Gasteiger partial charge in [-0.2, -0.15) is 4.98 Å². The predicted molar refractivity (Wildman–Crippen MR) is 77.8 cm³/mol. The van der Waals surface area contributed by atoms with E-state index < -0.39 is 0 Å². The standard InChI is InChI=1S/C13H17ClN4/c1-5-18(4)12-10-8-9(17(2)3)6-7-11(10)15-13(14)16-12/h6-8H,5H2,1-4H3. The third kappa shape index (κ3) is 2.34. The smallest absolute Gasteiger partial charge is 0.224 e. The van der Waals surface area contributed by atoms with Gasteiger partial charge in [0.1, 0.15) is 5.82 Å². The molecule has 0 aliphatic carbocycles. The SMILES string of the molecule is CCN(C)c1nc(Cl)nc2ccc(N(C)C)cc12. The Morgan fingerprint density at radius 1 is 1.17 bits per heavy atom. The zero-order chi connectivity index (χ0) is 13.3. The summed E-state index contributed by atoms with van der Waals surface area (Å²) in [5.74, 6) is 0.871. The molecule has 5 heteroatoms. The molecule has 0 radical (unpaired) electrons. The van der Waals surface area contributed by atoms with E-state index in [0.717, 1.165) is 29.0 Å². The molecule has 0 atom stereocenters. The Morgan fingerprint density at radius 2 is 1.89 bits per heavy atom. The van der Waals surface area contributed by atoms with Gasteiger partial charge in [0.25, 0.3) is 0 Å². The van der Waals surface area contributed by atoms with Crippen LogP contribution in [0.4, 0.5) is 11.5 Å². The maximum absolute atomic E-state index is 5.97. The molecule has 0 unspecified atom stereocenters. The Balaban J connectivity index is 2.70. The van der Waals surface area contributed by atoms with Crippen LogP contribution in [0, 0.1) is 0 Å². The topological polar surface area (TPSA) is 32.3 Å². The van der Waals surface area contributed by atoms with Gasteiger partial charge in [-0.3, -0.25) is 0 Å². The molecule has 1 aromatic carbocycles. The van der Waals surface area contributed by atoms with Crippen LogP contribution in [0.5, 0.6) is 0 Å². The van der Waals surface area contributed by atoms with E-state index >= 15 is 0 Å². The second kappa shape index (κ2) is 4.98. The first kappa shape index (κ1) is 12.9. The molecule has 18 heavy (non-hydrogen) atoms. The van der Waals surface area contributed by atoms with Gasteiger partial charge in [-0.1, -0.05) is 0 Å². The van der Waals surface area contributed by atoms with Crippen molar-refractivity contribution < 1.29 is 0 Å². The summed E-state index contributed by atoms with van der Waals surface area (Å²) in [7, 11) is 6.03. The molecule has 0 N–H and O–H groups in total. The summed E-state index contributed by atoms with van der Waals surface area (Å²) >= 11 is 5.97. The number of halogens is 1. The van der Waals surface area contributed by atoms with Crippen LogP contribution in [-0.2, 0) is 0 Å². The number of anilines is 2. The zero-order valence-electron chi connectivity index (χ0n) is 11.1. The van der Waals surface area contributed by atoms with Gasteiger partial charge in [0.05, 0.1) is 5.52 Å². The highest BCUT2D eigenvalue weighted by atomic mass is 35.5. The van der Waals surface area contributed by atoms with Crippen molar-refractivity contribution in [3.8, 4) is 0 Å². The summed E-state index contributed by atoms with van der Waals surface area (Å²) in [6.07, 6.45) is 0. The minimum atomic E-state index is 0.287. The molecule has 4 nitrogen and oxygen atoms in total. The van der Waals surface area contributed by atoms with Crippen LogP contribution < -0.4 is 9.80 Å². The molecular weight excluding hydrogens is 248 g/mol. The lowest BCUT2D eigenvalue weighted by atomic mass is 10.2. The number of nitrogens with zero attached hydrogens (tertiary/aromatic N) is 4. The minimum absolute atomic E-state index is 0.287. The summed E-state index contributed by atoms with van der Waals surface area (Å²) < 4.78 is 0. The molecule has 1 aromatic heterocycles. The van der Waals surface area contributed by atoms with Crippen LogP contribution in [0.1, 0.15) is 6.92 Å². The summed E-state index contributed by atoms with van der Waals surface area (Å²) in [6.45, 7) is 2.95. The lowest BCUT2D eigenvalue weighted by Gasteiger charge is -2.19. The van der Waals surface area contributed by atoms with Crippen molar-refractivity contribution in [3.05, 3.63) is 23.5 Å². The van der Waals surface area contributed by atoms with E-state index in [2.05, 4.69) is 32.8 Å². The lowest BCUT2D eigenvalue weighted by molar-refractivity contribution is 0.940. The Kier molecular flexibility index (Phi) is 3.57. The Bertz CT molecular complexity index is 568. The monoisotopic (exact) mass is 264 g/mol. The molecule has 0 saturated carbocycles. The number of aromatic nitrogens is 2. The lowest BCUT2D eigenvalue weighted by Crippen LogP contribution is -2.18. The second-order valence-electron chi connectivity index (χ2n) is 4.43. The molecule has 2 aromatic rings. The van der Waals surface area contributed by atoms with Gasteiger partial charge < -0.3 is 9.80 Å². The fraction of sp³-hybridized carbons (Fsp3) is 0.385. The van der Waals surface area contributed by atoms with Crippen molar-refractivity contribution in [1.82, 2.24) is 9.97 Å². The van der Waals surface area contributed by atoms with E-state index in [1.807, 2.05) is 33.3 Å².